The summed E-state index contributed by atoms with van der Waals surface area (Å²) in [6.07, 6.45) is -1.63. The number of alkyl halides is 3. The van der Waals surface area contributed by atoms with Crippen molar-refractivity contribution in [3.8, 4) is 0 Å². The van der Waals surface area contributed by atoms with Gasteiger partial charge in [-0.25, -0.2) is 0 Å². The van der Waals surface area contributed by atoms with Gasteiger partial charge in [0.2, 0.25) is 0 Å². The van der Waals surface area contributed by atoms with Crippen molar-refractivity contribution < 1.29 is 13.2 Å². The summed E-state index contributed by atoms with van der Waals surface area (Å²) < 4.78 is 35.5. The van der Waals surface area contributed by atoms with Gasteiger partial charge in [0, 0.05) is 0 Å². The van der Waals surface area contributed by atoms with Gasteiger partial charge in [0.25, 0.3) is 0 Å². The van der Waals surface area contributed by atoms with Gasteiger partial charge in [0.1, 0.15) is 0 Å². The highest BCUT2D eigenvalue weighted by Gasteiger charge is 2.39. The van der Waals surface area contributed by atoms with Gasteiger partial charge < -0.3 is 0 Å². The highest BCUT2D eigenvalue weighted by atomic mass is 19.4. The van der Waals surface area contributed by atoms with Crippen LogP contribution in [0, 0.1) is 11.8 Å². The van der Waals surface area contributed by atoms with Crippen LogP contribution in [0.25, 0.3) is 0 Å². The monoisotopic (exact) mass is 152 g/mol. The summed E-state index contributed by atoms with van der Waals surface area (Å²) in [7, 11) is 0. The van der Waals surface area contributed by atoms with E-state index < -0.39 is 12.1 Å². The Bertz CT molecular complexity index is 113. The van der Waals surface area contributed by atoms with Gasteiger partial charge in [-0.3, -0.25) is 0 Å². The van der Waals surface area contributed by atoms with Crippen LogP contribution in [0.2, 0.25) is 0 Å². The van der Waals surface area contributed by atoms with Gasteiger partial charge in [-0.2, -0.15) is 13.2 Å². The van der Waals surface area contributed by atoms with E-state index in [1.807, 2.05) is 0 Å². The van der Waals surface area contributed by atoms with E-state index in [0.717, 1.165) is 12.8 Å². The lowest BCUT2D eigenvalue weighted by Gasteiger charge is -2.14. The quantitative estimate of drug-likeness (QED) is 0.570. The Balaban J connectivity index is 2.25. The fourth-order valence-corrected chi connectivity index (χ4v) is 0.987. The maximum atomic E-state index is 11.8. The minimum absolute atomic E-state index is 0.337. The van der Waals surface area contributed by atoms with Crippen LogP contribution in [0.4, 0.5) is 13.2 Å². The standard InChI is InChI=1S/C7H11F3/c1-5(7(8,9)10)4-6-2-3-6/h5-6H,2-4H2,1H3. The van der Waals surface area contributed by atoms with Crippen LogP contribution in [-0.4, -0.2) is 6.18 Å². The van der Waals surface area contributed by atoms with E-state index in [1.165, 1.54) is 6.92 Å². The second-order valence-electron chi connectivity index (χ2n) is 3.12. The first-order valence-electron chi connectivity index (χ1n) is 3.57. The van der Waals surface area contributed by atoms with E-state index in [1.54, 1.807) is 0 Å². The molecule has 1 unspecified atom stereocenters. The van der Waals surface area contributed by atoms with Crippen molar-refractivity contribution in [2.75, 3.05) is 0 Å². The lowest BCUT2D eigenvalue weighted by atomic mass is 10.0. The van der Waals surface area contributed by atoms with Crippen LogP contribution in [-0.2, 0) is 0 Å². The summed E-state index contributed by atoms with van der Waals surface area (Å²) in [6, 6.07) is 0. The van der Waals surface area contributed by atoms with Crippen molar-refractivity contribution in [2.24, 2.45) is 11.8 Å². The minimum Gasteiger partial charge on any atom is -0.171 e. The Labute approximate surface area is 58.4 Å². The third-order valence-electron chi connectivity index (χ3n) is 1.94. The van der Waals surface area contributed by atoms with Crippen molar-refractivity contribution in [2.45, 2.75) is 32.4 Å². The Kier molecular flexibility index (Phi) is 1.92. The third-order valence-corrected chi connectivity index (χ3v) is 1.94. The molecule has 0 aromatic carbocycles. The number of hydrogen-bond acceptors (Lipinski definition) is 0. The van der Waals surface area contributed by atoms with E-state index in [-0.39, 0.29) is 0 Å². The molecule has 1 atom stereocenters. The summed E-state index contributed by atoms with van der Waals surface area (Å²) in [5.74, 6) is -0.725. The molecule has 0 amide bonds. The molecule has 0 bridgehead atoms. The molecule has 0 heterocycles. The fraction of sp³-hybridized carbons (Fsp3) is 1.00. The summed E-state index contributed by atoms with van der Waals surface area (Å²) >= 11 is 0. The summed E-state index contributed by atoms with van der Waals surface area (Å²) in [4.78, 5) is 0. The largest absolute Gasteiger partial charge is 0.391 e. The molecule has 1 aliphatic rings. The second kappa shape index (κ2) is 2.44. The molecule has 0 spiro atoms. The molecule has 1 fully saturated rings. The molecule has 1 saturated carbocycles. The van der Waals surface area contributed by atoms with Crippen LogP contribution in [0.3, 0.4) is 0 Å². The fourth-order valence-electron chi connectivity index (χ4n) is 0.987. The molecule has 0 radical (unpaired) electrons. The molecular weight excluding hydrogens is 141 g/mol. The number of rotatable bonds is 2. The van der Waals surface area contributed by atoms with E-state index in [2.05, 4.69) is 0 Å². The minimum atomic E-state index is -3.97. The molecule has 1 rings (SSSR count). The van der Waals surface area contributed by atoms with Crippen molar-refractivity contribution in [1.82, 2.24) is 0 Å². The van der Waals surface area contributed by atoms with Crippen molar-refractivity contribution >= 4 is 0 Å². The summed E-state index contributed by atoms with van der Waals surface area (Å²) in [6.45, 7) is 1.26. The molecule has 10 heavy (non-hydrogen) atoms. The van der Waals surface area contributed by atoms with Gasteiger partial charge in [-0.1, -0.05) is 19.8 Å². The first-order chi connectivity index (χ1) is 4.50. The van der Waals surface area contributed by atoms with Crippen LogP contribution in [0.1, 0.15) is 26.2 Å². The second-order valence-corrected chi connectivity index (χ2v) is 3.12. The normalized spacial score (nSPS) is 22.8. The molecule has 0 aromatic heterocycles. The van der Waals surface area contributed by atoms with E-state index in [4.69, 9.17) is 0 Å². The predicted octanol–water partition coefficient (Wildman–Crippen LogP) is 2.98. The topological polar surface area (TPSA) is 0 Å². The highest BCUT2D eigenvalue weighted by molar-refractivity contribution is 4.77. The van der Waals surface area contributed by atoms with Gasteiger partial charge >= 0.3 is 6.18 Å². The molecule has 1 aliphatic carbocycles. The predicted molar refractivity (Wildman–Crippen MR) is 32.6 cm³/mol. The van der Waals surface area contributed by atoms with Gasteiger partial charge in [-0.15, -0.1) is 0 Å². The Morgan fingerprint density at radius 2 is 1.90 bits per heavy atom. The molecule has 0 saturated heterocycles. The van der Waals surface area contributed by atoms with Crippen LogP contribution < -0.4 is 0 Å². The van der Waals surface area contributed by atoms with E-state index >= 15 is 0 Å². The van der Waals surface area contributed by atoms with Crippen molar-refractivity contribution in [1.29, 1.82) is 0 Å². The molecule has 0 aromatic rings. The molecule has 60 valence electrons. The maximum Gasteiger partial charge on any atom is 0.391 e. The zero-order chi connectivity index (χ0) is 7.78. The zero-order valence-corrected chi connectivity index (χ0v) is 5.91. The number of hydrogen-bond donors (Lipinski definition) is 0. The molecule has 3 heteroatoms. The Morgan fingerprint density at radius 1 is 1.40 bits per heavy atom. The summed E-state index contributed by atoms with van der Waals surface area (Å²) in [5, 5.41) is 0. The van der Waals surface area contributed by atoms with E-state index in [9.17, 15) is 13.2 Å². The summed E-state index contributed by atoms with van der Waals surface area (Å²) in [5.41, 5.74) is 0. The Hall–Kier alpha value is -0.210. The molecule has 0 nitrogen and oxygen atoms in total. The smallest absolute Gasteiger partial charge is 0.171 e. The van der Waals surface area contributed by atoms with Gasteiger partial charge in [-0.05, 0) is 12.3 Å². The van der Waals surface area contributed by atoms with Crippen molar-refractivity contribution in [3.63, 3.8) is 0 Å². The maximum absolute atomic E-state index is 11.8. The third kappa shape index (κ3) is 2.20. The first kappa shape index (κ1) is 7.89. The lowest BCUT2D eigenvalue weighted by Crippen LogP contribution is -2.19. The molecule has 0 N–H and O–H groups in total. The SMILES string of the molecule is CC(CC1CC1)C(F)(F)F. The van der Waals surface area contributed by atoms with Crippen LogP contribution in [0.15, 0.2) is 0 Å². The average Bonchev–Trinajstić information content (AvgIpc) is 2.47. The Morgan fingerprint density at radius 3 is 2.20 bits per heavy atom. The van der Waals surface area contributed by atoms with Gasteiger partial charge in [0.15, 0.2) is 0 Å². The highest BCUT2D eigenvalue weighted by Crippen LogP contribution is 2.40. The van der Waals surface area contributed by atoms with Crippen LogP contribution >= 0.6 is 0 Å². The van der Waals surface area contributed by atoms with Crippen molar-refractivity contribution in [3.05, 3.63) is 0 Å². The van der Waals surface area contributed by atoms with E-state index in [0.29, 0.717) is 12.3 Å². The number of halogens is 3. The van der Waals surface area contributed by atoms with Gasteiger partial charge in [0.05, 0.1) is 5.92 Å². The molecule has 0 aliphatic heterocycles. The lowest BCUT2D eigenvalue weighted by molar-refractivity contribution is -0.172. The first-order valence-corrected chi connectivity index (χ1v) is 3.57. The molecular formula is C7H11F3. The van der Waals surface area contributed by atoms with Crippen LogP contribution in [0.5, 0.6) is 0 Å². The average molecular weight is 152 g/mol. The zero-order valence-electron chi connectivity index (χ0n) is 5.91.